The molecule has 0 atom stereocenters. The molecular formula is C11H16BrN3O3. The third-order valence-corrected chi connectivity index (χ3v) is 2.99. The quantitative estimate of drug-likeness (QED) is 0.829. The number of ether oxygens (including phenoxy) is 1. The average molecular weight is 318 g/mol. The van der Waals surface area contributed by atoms with E-state index in [0.29, 0.717) is 16.9 Å². The number of hydrogen-bond donors (Lipinski definition) is 1. The summed E-state index contributed by atoms with van der Waals surface area (Å²) in [6, 6.07) is 0.0139. The molecule has 1 heterocycles. The molecule has 0 radical (unpaired) electrons. The topological polar surface area (TPSA) is 75.3 Å². The first kappa shape index (κ1) is 14.7. The Morgan fingerprint density at radius 1 is 1.61 bits per heavy atom. The minimum absolute atomic E-state index is 0.0139. The smallest absolute Gasteiger partial charge is 0.325 e. The van der Waals surface area contributed by atoms with Gasteiger partial charge < -0.3 is 14.6 Å². The molecule has 18 heavy (non-hydrogen) atoms. The average Bonchev–Trinajstić information content (AvgIpc) is 2.30. The first-order chi connectivity index (χ1) is 8.47. The minimum Gasteiger partial charge on any atom is -0.465 e. The zero-order chi connectivity index (χ0) is 13.7. The zero-order valence-electron chi connectivity index (χ0n) is 10.6. The number of carbonyl (C=O) groups excluding carboxylic acids is 1. The SMILES string of the molecule is CCOC(=O)CN(c1nc[nH]c(=O)c1Br)C(C)C. The van der Waals surface area contributed by atoms with Crippen LogP contribution in [-0.2, 0) is 9.53 Å². The minimum atomic E-state index is -0.347. The lowest BCUT2D eigenvalue weighted by Gasteiger charge is -2.27. The van der Waals surface area contributed by atoms with Crippen LogP contribution in [0.5, 0.6) is 0 Å². The number of nitrogens with zero attached hydrogens (tertiary/aromatic N) is 2. The van der Waals surface area contributed by atoms with Crippen molar-refractivity contribution in [3.8, 4) is 0 Å². The van der Waals surface area contributed by atoms with Crippen LogP contribution in [0.1, 0.15) is 20.8 Å². The van der Waals surface area contributed by atoms with Crippen LogP contribution in [0.3, 0.4) is 0 Å². The van der Waals surface area contributed by atoms with Gasteiger partial charge in [-0.3, -0.25) is 9.59 Å². The van der Waals surface area contributed by atoms with Gasteiger partial charge in [0.2, 0.25) is 0 Å². The fourth-order valence-corrected chi connectivity index (χ4v) is 1.87. The van der Waals surface area contributed by atoms with Crippen LogP contribution >= 0.6 is 15.9 Å². The highest BCUT2D eigenvalue weighted by molar-refractivity contribution is 9.10. The number of anilines is 1. The van der Waals surface area contributed by atoms with Crippen molar-refractivity contribution >= 4 is 27.7 Å². The van der Waals surface area contributed by atoms with Gasteiger partial charge in [-0.15, -0.1) is 0 Å². The molecule has 1 aromatic heterocycles. The van der Waals surface area contributed by atoms with E-state index in [0.717, 1.165) is 0 Å². The van der Waals surface area contributed by atoms with Crippen LogP contribution in [0.4, 0.5) is 5.82 Å². The summed E-state index contributed by atoms with van der Waals surface area (Å²) in [6.45, 7) is 5.96. The van der Waals surface area contributed by atoms with E-state index >= 15 is 0 Å². The summed E-state index contributed by atoms with van der Waals surface area (Å²) in [5, 5.41) is 0. The molecule has 0 spiro atoms. The van der Waals surface area contributed by atoms with Crippen molar-refractivity contribution < 1.29 is 9.53 Å². The van der Waals surface area contributed by atoms with E-state index in [4.69, 9.17) is 4.74 Å². The van der Waals surface area contributed by atoms with E-state index in [9.17, 15) is 9.59 Å². The lowest BCUT2D eigenvalue weighted by molar-refractivity contribution is -0.141. The third-order valence-electron chi connectivity index (χ3n) is 2.28. The molecule has 0 bridgehead atoms. The van der Waals surface area contributed by atoms with Crippen LogP contribution < -0.4 is 10.5 Å². The molecule has 0 unspecified atom stereocenters. The summed E-state index contributed by atoms with van der Waals surface area (Å²) in [5.74, 6) is 0.0852. The molecule has 0 saturated heterocycles. The number of carbonyl (C=O) groups is 1. The Bertz CT molecular complexity index is 473. The van der Waals surface area contributed by atoms with Crippen LogP contribution in [0.15, 0.2) is 15.6 Å². The number of hydrogen-bond acceptors (Lipinski definition) is 5. The maximum absolute atomic E-state index is 11.5. The van der Waals surface area contributed by atoms with Crippen molar-refractivity contribution in [1.82, 2.24) is 9.97 Å². The Labute approximate surface area is 113 Å². The van der Waals surface area contributed by atoms with Crippen molar-refractivity contribution in [3.05, 3.63) is 21.2 Å². The Morgan fingerprint density at radius 3 is 2.83 bits per heavy atom. The van der Waals surface area contributed by atoms with E-state index in [1.807, 2.05) is 13.8 Å². The van der Waals surface area contributed by atoms with Crippen molar-refractivity contribution in [1.29, 1.82) is 0 Å². The second-order valence-electron chi connectivity index (χ2n) is 3.90. The molecule has 0 fully saturated rings. The molecule has 0 aliphatic heterocycles. The summed E-state index contributed by atoms with van der Waals surface area (Å²) in [4.78, 5) is 31.3. The van der Waals surface area contributed by atoms with Crippen molar-refractivity contribution in [2.45, 2.75) is 26.8 Å². The predicted molar refractivity (Wildman–Crippen MR) is 71.7 cm³/mol. The molecule has 1 N–H and O–H groups in total. The molecular weight excluding hydrogens is 302 g/mol. The highest BCUT2D eigenvalue weighted by atomic mass is 79.9. The standard InChI is InChI=1S/C11H16BrN3O3/c1-4-18-8(16)5-15(7(2)3)10-9(12)11(17)14-6-13-10/h6-7H,4-5H2,1-3H3,(H,13,14,17). The van der Waals surface area contributed by atoms with Crippen LogP contribution in [-0.4, -0.2) is 35.1 Å². The zero-order valence-corrected chi connectivity index (χ0v) is 12.2. The summed E-state index contributed by atoms with van der Waals surface area (Å²) in [7, 11) is 0. The Morgan fingerprint density at radius 2 is 2.28 bits per heavy atom. The number of nitrogens with one attached hydrogen (secondary N) is 1. The molecule has 1 aromatic rings. The van der Waals surface area contributed by atoms with Crippen LogP contribution in [0.25, 0.3) is 0 Å². The van der Waals surface area contributed by atoms with Gasteiger partial charge in [0.15, 0.2) is 5.82 Å². The number of H-pyrrole nitrogens is 1. The summed E-state index contributed by atoms with van der Waals surface area (Å²) in [5.41, 5.74) is -0.283. The predicted octanol–water partition coefficient (Wildman–Crippen LogP) is 1.31. The molecule has 100 valence electrons. The van der Waals surface area contributed by atoms with Crippen LogP contribution in [0.2, 0.25) is 0 Å². The molecule has 0 aromatic carbocycles. The van der Waals surface area contributed by atoms with Gasteiger partial charge in [0.05, 0.1) is 12.9 Å². The maximum atomic E-state index is 11.5. The monoisotopic (exact) mass is 317 g/mol. The van der Waals surface area contributed by atoms with E-state index < -0.39 is 0 Å². The van der Waals surface area contributed by atoms with Gasteiger partial charge in [0.25, 0.3) is 5.56 Å². The van der Waals surface area contributed by atoms with Crippen molar-refractivity contribution in [2.24, 2.45) is 0 Å². The highest BCUT2D eigenvalue weighted by Crippen LogP contribution is 2.20. The summed E-state index contributed by atoms with van der Waals surface area (Å²) in [6.07, 6.45) is 1.31. The van der Waals surface area contributed by atoms with Crippen molar-refractivity contribution in [2.75, 3.05) is 18.1 Å². The normalized spacial score (nSPS) is 10.5. The van der Waals surface area contributed by atoms with E-state index in [1.165, 1.54) is 6.33 Å². The van der Waals surface area contributed by atoms with Gasteiger partial charge in [-0.1, -0.05) is 0 Å². The van der Waals surface area contributed by atoms with Gasteiger partial charge in [-0.05, 0) is 36.7 Å². The lowest BCUT2D eigenvalue weighted by Crippen LogP contribution is -2.38. The molecule has 0 aliphatic carbocycles. The number of rotatable bonds is 5. The van der Waals surface area contributed by atoms with E-state index in [2.05, 4.69) is 25.9 Å². The molecule has 7 heteroatoms. The highest BCUT2D eigenvalue weighted by Gasteiger charge is 2.20. The largest absolute Gasteiger partial charge is 0.465 e. The number of aromatic nitrogens is 2. The van der Waals surface area contributed by atoms with Gasteiger partial charge in [-0.25, -0.2) is 4.98 Å². The number of esters is 1. The fraction of sp³-hybridized carbons (Fsp3) is 0.545. The second kappa shape index (κ2) is 6.53. The first-order valence-electron chi connectivity index (χ1n) is 5.62. The maximum Gasteiger partial charge on any atom is 0.325 e. The van der Waals surface area contributed by atoms with Crippen LogP contribution in [0, 0.1) is 0 Å². The first-order valence-corrected chi connectivity index (χ1v) is 6.42. The molecule has 0 amide bonds. The van der Waals surface area contributed by atoms with E-state index in [-0.39, 0.29) is 24.1 Å². The Balaban J connectivity index is 3.02. The van der Waals surface area contributed by atoms with Gasteiger partial charge in [0, 0.05) is 6.04 Å². The number of halogens is 1. The van der Waals surface area contributed by atoms with Gasteiger partial charge >= 0.3 is 5.97 Å². The molecule has 0 saturated carbocycles. The van der Waals surface area contributed by atoms with E-state index in [1.54, 1.807) is 11.8 Å². The van der Waals surface area contributed by atoms with Gasteiger partial charge in [-0.2, -0.15) is 0 Å². The molecule has 6 nitrogen and oxygen atoms in total. The van der Waals surface area contributed by atoms with Gasteiger partial charge in [0.1, 0.15) is 11.0 Å². The Kier molecular flexibility index (Phi) is 5.33. The second-order valence-corrected chi connectivity index (χ2v) is 4.69. The fourth-order valence-electron chi connectivity index (χ4n) is 1.42. The summed E-state index contributed by atoms with van der Waals surface area (Å²) < 4.78 is 5.21. The summed E-state index contributed by atoms with van der Waals surface area (Å²) >= 11 is 3.18. The Hall–Kier alpha value is -1.37. The molecule has 1 rings (SSSR count). The lowest BCUT2D eigenvalue weighted by atomic mass is 10.3. The number of aromatic amines is 1. The molecule has 0 aliphatic rings. The van der Waals surface area contributed by atoms with Crippen molar-refractivity contribution in [3.63, 3.8) is 0 Å². The third kappa shape index (κ3) is 3.56.